The second-order valence-electron chi connectivity index (χ2n) is 15.5. The highest BCUT2D eigenvalue weighted by Gasteiger charge is 2.63. The van der Waals surface area contributed by atoms with Crippen LogP contribution in [0.1, 0.15) is 121 Å². The van der Waals surface area contributed by atoms with Crippen LogP contribution in [-0.4, -0.2) is 54.1 Å². The van der Waals surface area contributed by atoms with Gasteiger partial charge in [-0.3, -0.25) is 14.3 Å². The van der Waals surface area contributed by atoms with Crippen LogP contribution in [0.25, 0.3) is 0 Å². The van der Waals surface area contributed by atoms with Crippen molar-refractivity contribution in [3.8, 4) is 0 Å². The van der Waals surface area contributed by atoms with Crippen LogP contribution in [0.15, 0.2) is 24.4 Å². The minimum absolute atomic E-state index is 0.0192. The number of fused-ring (bicyclic) bond motifs is 1. The molecular weight excluding hydrogens is 706 g/mol. The molecule has 7 nitrogen and oxygen atoms in total. The fourth-order valence-corrected chi connectivity index (χ4v) is 12.3. The van der Waals surface area contributed by atoms with Gasteiger partial charge < -0.3 is 14.1 Å². The maximum absolute atomic E-state index is 15.1. The molecule has 0 spiro atoms. The second kappa shape index (κ2) is 14.7. The molecule has 50 heavy (non-hydrogen) atoms. The number of rotatable bonds is 13. The standard InChI is InChI=1S/C37H52Cl2F3N3O4Si/c1-8-48-34(47)36(7)17-15-23(16-18-36)45-32(37(40,41)42)25(21-43-45)33(46)44(24-19-26-27(20-24)35(26,5)6)22-30(49-50(9-2,10-3)11-4)31-28(38)13-12-14-29(31)39/h12-14,21,23-24,26-27,30H,8-11,15-20,22H2,1-7H3/t23?,24?,26-,27+,30?,36?. The number of amides is 1. The quantitative estimate of drug-likeness (QED) is 0.150. The summed E-state index contributed by atoms with van der Waals surface area (Å²) in [5.74, 6) is -0.270. The van der Waals surface area contributed by atoms with Gasteiger partial charge in [0.1, 0.15) is 0 Å². The SMILES string of the molecule is CCOC(=O)C1(C)CCC(n2ncc(C(=O)N(CC(O[Si](CC)(CC)CC)c3c(Cl)cccc3Cl)C3C[C@@H]4[C@H](C3)C4(C)C)c2C(F)(F)F)CC1. The summed E-state index contributed by atoms with van der Waals surface area (Å²) in [5, 5.41) is 5.03. The van der Waals surface area contributed by atoms with Crippen LogP contribution in [0.5, 0.6) is 0 Å². The molecule has 3 aliphatic rings. The Morgan fingerprint density at radius 1 is 1.02 bits per heavy atom. The lowest BCUT2D eigenvalue weighted by Gasteiger charge is -2.39. The van der Waals surface area contributed by atoms with Crippen LogP contribution in [0.4, 0.5) is 13.2 Å². The summed E-state index contributed by atoms with van der Waals surface area (Å²) in [6.07, 6.45) is -1.75. The molecule has 0 saturated heterocycles. The van der Waals surface area contributed by atoms with E-state index < -0.39 is 49.2 Å². The van der Waals surface area contributed by atoms with E-state index >= 15 is 13.2 Å². The van der Waals surface area contributed by atoms with Crippen molar-refractivity contribution < 1.29 is 31.9 Å². The summed E-state index contributed by atoms with van der Waals surface area (Å²) in [7, 11) is -2.33. The van der Waals surface area contributed by atoms with Crippen LogP contribution in [0, 0.1) is 22.7 Å². The number of carbonyl (C=O) groups is 2. The first-order valence-electron chi connectivity index (χ1n) is 18.2. The highest BCUT2D eigenvalue weighted by Crippen LogP contribution is 2.67. The molecule has 3 aliphatic carbocycles. The molecule has 1 aromatic heterocycles. The molecule has 1 heterocycles. The summed E-state index contributed by atoms with van der Waals surface area (Å²) in [4.78, 5) is 29.0. The van der Waals surface area contributed by atoms with E-state index in [4.69, 9.17) is 32.4 Å². The molecular formula is C37H52Cl2F3N3O4Si. The third-order valence-corrected chi connectivity index (χ3v) is 17.8. The number of halogens is 5. The van der Waals surface area contributed by atoms with Crippen LogP contribution >= 0.6 is 23.2 Å². The molecule has 0 aliphatic heterocycles. The summed E-state index contributed by atoms with van der Waals surface area (Å²) in [6.45, 7) is 14.5. The van der Waals surface area contributed by atoms with E-state index in [1.807, 2.05) is 0 Å². The van der Waals surface area contributed by atoms with E-state index in [9.17, 15) is 9.59 Å². The maximum Gasteiger partial charge on any atom is 0.433 e. The smallest absolute Gasteiger partial charge is 0.433 e. The fourth-order valence-electron chi connectivity index (χ4n) is 8.84. The van der Waals surface area contributed by atoms with E-state index in [2.05, 4.69) is 39.7 Å². The number of carbonyl (C=O) groups excluding carboxylic acids is 2. The van der Waals surface area contributed by atoms with Crippen molar-refractivity contribution in [1.82, 2.24) is 14.7 Å². The first-order valence-corrected chi connectivity index (χ1v) is 21.5. The Morgan fingerprint density at radius 2 is 1.58 bits per heavy atom. The zero-order valence-corrected chi connectivity index (χ0v) is 32.9. The van der Waals surface area contributed by atoms with E-state index in [1.165, 1.54) is 0 Å². The molecule has 3 fully saturated rings. The van der Waals surface area contributed by atoms with Crippen molar-refractivity contribution >= 4 is 43.4 Å². The fraction of sp³-hybridized carbons (Fsp3) is 0.703. The van der Waals surface area contributed by atoms with E-state index in [0.29, 0.717) is 66.0 Å². The van der Waals surface area contributed by atoms with Gasteiger partial charge in [0.15, 0.2) is 14.0 Å². The number of esters is 1. The molecule has 13 heteroatoms. The van der Waals surface area contributed by atoms with E-state index in [-0.39, 0.29) is 30.6 Å². The highest BCUT2D eigenvalue weighted by atomic mass is 35.5. The van der Waals surface area contributed by atoms with Crippen molar-refractivity contribution in [2.24, 2.45) is 22.7 Å². The van der Waals surface area contributed by atoms with Crippen LogP contribution < -0.4 is 0 Å². The highest BCUT2D eigenvalue weighted by molar-refractivity contribution is 6.73. The third kappa shape index (κ3) is 7.40. The molecule has 4 atom stereocenters. The van der Waals surface area contributed by atoms with Gasteiger partial charge in [-0.05, 0) is 99.9 Å². The number of nitrogens with zero attached hydrogens (tertiary/aromatic N) is 3. The van der Waals surface area contributed by atoms with Crippen molar-refractivity contribution in [3.05, 3.63) is 51.3 Å². The van der Waals surface area contributed by atoms with Crippen LogP contribution in [0.2, 0.25) is 28.2 Å². The molecule has 1 amide bonds. The molecule has 1 aromatic carbocycles. The van der Waals surface area contributed by atoms with Crippen molar-refractivity contribution in [2.75, 3.05) is 13.2 Å². The molecule has 0 radical (unpaired) electrons. The monoisotopic (exact) mass is 757 g/mol. The first-order chi connectivity index (χ1) is 23.5. The second-order valence-corrected chi connectivity index (χ2v) is 21.0. The normalized spacial score (nSPS) is 26.7. The molecule has 3 saturated carbocycles. The Hall–Kier alpha value is -2.08. The molecule has 2 aromatic rings. The average molecular weight is 759 g/mol. The predicted molar refractivity (Wildman–Crippen MR) is 192 cm³/mol. The number of benzene rings is 1. The number of alkyl halides is 3. The van der Waals surface area contributed by atoms with Gasteiger partial charge in [0, 0.05) is 21.7 Å². The summed E-state index contributed by atoms with van der Waals surface area (Å²) >= 11 is 13.6. The van der Waals surface area contributed by atoms with Crippen molar-refractivity contribution in [3.63, 3.8) is 0 Å². The predicted octanol–water partition coefficient (Wildman–Crippen LogP) is 10.5. The third-order valence-electron chi connectivity index (χ3n) is 12.5. The first kappa shape index (κ1) is 39.1. The number of aromatic nitrogens is 2. The van der Waals surface area contributed by atoms with Gasteiger partial charge in [-0.15, -0.1) is 0 Å². The average Bonchev–Trinajstić information content (AvgIpc) is 3.48. The van der Waals surface area contributed by atoms with E-state index in [1.54, 1.807) is 36.9 Å². The molecule has 5 rings (SSSR count). The van der Waals surface area contributed by atoms with Crippen molar-refractivity contribution in [2.45, 2.75) is 129 Å². The van der Waals surface area contributed by atoms with Gasteiger partial charge in [-0.2, -0.15) is 18.3 Å². The number of hydrogen-bond acceptors (Lipinski definition) is 5. The Kier molecular flexibility index (Phi) is 11.5. The molecule has 278 valence electrons. The van der Waals surface area contributed by atoms with Gasteiger partial charge in [-0.25, -0.2) is 0 Å². The Labute approximate surface area is 305 Å². The van der Waals surface area contributed by atoms with Crippen molar-refractivity contribution in [1.29, 1.82) is 0 Å². The topological polar surface area (TPSA) is 73.7 Å². The van der Waals surface area contributed by atoms with Gasteiger partial charge in [0.2, 0.25) is 0 Å². The van der Waals surface area contributed by atoms with Gasteiger partial charge >= 0.3 is 12.1 Å². The molecule has 2 unspecified atom stereocenters. The Balaban J connectivity index is 1.54. The Bertz CT molecular complexity index is 1510. The lowest BCUT2D eigenvalue weighted by molar-refractivity contribution is -0.157. The maximum atomic E-state index is 15.1. The lowest BCUT2D eigenvalue weighted by Crippen LogP contribution is -2.46. The number of ether oxygens (including phenoxy) is 1. The van der Waals surface area contributed by atoms with Crippen LogP contribution in [0.3, 0.4) is 0 Å². The molecule has 0 N–H and O–H groups in total. The van der Waals surface area contributed by atoms with E-state index in [0.717, 1.165) is 29.0 Å². The zero-order valence-electron chi connectivity index (χ0n) is 30.3. The lowest BCUT2D eigenvalue weighted by atomic mass is 9.74. The zero-order chi connectivity index (χ0) is 36.8. The summed E-state index contributed by atoms with van der Waals surface area (Å²) in [5.41, 5.74) is -1.59. The summed E-state index contributed by atoms with van der Waals surface area (Å²) in [6, 6.07) is 6.80. The number of hydrogen-bond donors (Lipinski definition) is 0. The summed E-state index contributed by atoms with van der Waals surface area (Å²) < 4.78 is 58.5. The van der Waals surface area contributed by atoms with Crippen LogP contribution in [-0.2, 0) is 20.1 Å². The minimum Gasteiger partial charge on any atom is -0.466 e. The largest absolute Gasteiger partial charge is 0.466 e. The minimum atomic E-state index is -4.84. The van der Waals surface area contributed by atoms with Gasteiger partial charge in [-0.1, -0.05) is 63.9 Å². The molecule has 0 bridgehead atoms. The van der Waals surface area contributed by atoms with Gasteiger partial charge in [0.05, 0.1) is 42.5 Å². The van der Waals surface area contributed by atoms with Gasteiger partial charge in [0.25, 0.3) is 5.91 Å². The Morgan fingerprint density at radius 3 is 2.08 bits per heavy atom.